The lowest BCUT2D eigenvalue weighted by molar-refractivity contribution is -0.154. The first-order chi connectivity index (χ1) is 20.2. The molecular formula is C37H68O4. The minimum absolute atomic E-state index is 0.177. The van der Waals surface area contributed by atoms with Crippen LogP contribution in [0, 0.1) is 0 Å². The smallest absolute Gasteiger partial charge is 0.306 e. The molecule has 0 bridgehead atoms. The molecule has 1 N–H and O–H groups in total. The summed E-state index contributed by atoms with van der Waals surface area (Å²) in [5, 5.41) is 9.52. The Morgan fingerprint density at radius 3 is 1.63 bits per heavy atom. The van der Waals surface area contributed by atoms with Crippen LogP contribution in [-0.4, -0.2) is 37.0 Å². The molecule has 4 heteroatoms. The monoisotopic (exact) mass is 577 g/mol. The molecule has 41 heavy (non-hydrogen) atoms. The van der Waals surface area contributed by atoms with Crippen LogP contribution in [0.4, 0.5) is 0 Å². The predicted octanol–water partition coefficient (Wildman–Crippen LogP) is 11.0. The van der Waals surface area contributed by atoms with Crippen LogP contribution in [-0.2, 0) is 14.3 Å². The van der Waals surface area contributed by atoms with Crippen molar-refractivity contribution in [2.24, 2.45) is 0 Å². The van der Waals surface area contributed by atoms with Crippen molar-refractivity contribution < 1.29 is 19.4 Å². The van der Waals surface area contributed by atoms with Crippen molar-refractivity contribution in [2.75, 3.05) is 19.8 Å². The van der Waals surface area contributed by atoms with Crippen LogP contribution >= 0.6 is 0 Å². The molecular weight excluding hydrogens is 508 g/mol. The number of unbranched alkanes of at least 4 members (excludes halogenated alkanes) is 18. The number of esters is 1. The summed E-state index contributed by atoms with van der Waals surface area (Å²) >= 11 is 0. The minimum Gasteiger partial charge on any atom is -0.457 e. The fourth-order valence-corrected chi connectivity index (χ4v) is 4.77. The van der Waals surface area contributed by atoms with Crippen LogP contribution in [0.1, 0.15) is 168 Å². The molecule has 0 spiro atoms. The van der Waals surface area contributed by atoms with E-state index in [0.717, 1.165) is 25.7 Å². The van der Waals surface area contributed by atoms with Crippen LogP contribution in [0.25, 0.3) is 0 Å². The van der Waals surface area contributed by atoms with Crippen molar-refractivity contribution in [1.29, 1.82) is 0 Å². The van der Waals surface area contributed by atoms with E-state index in [1.165, 1.54) is 122 Å². The van der Waals surface area contributed by atoms with Crippen molar-refractivity contribution in [2.45, 2.75) is 174 Å². The highest BCUT2D eigenvalue weighted by molar-refractivity contribution is 5.69. The van der Waals surface area contributed by atoms with Crippen molar-refractivity contribution in [3.8, 4) is 0 Å². The van der Waals surface area contributed by atoms with Gasteiger partial charge in [0, 0.05) is 13.0 Å². The van der Waals surface area contributed by atoms with E-state index in [9.17, 15) is 9.90 Å². The van der Waals surface area contributed by atoms with E-state index >= 15 is 0 Å². The molecule has 0 saturated heterocycles. The molecule has 0 aliphatic rings. The van der Waals surface area contributed by atoms with E-state index in [-0.39, 0.29) is 19.2 Å². The fourth-order valence-electron chi connectivity index (χ4n) is 4.77. The van der Waals surface area contributed by atoms with Gasteiger partial charge in [-0.1, -0.05) is 134 Å². The lowest BCUT2D eigenvalue weighted by Gasteiger charge is -2.15. The zero-order valence-electron chi connectivity index (χ0n) is 27.3. The van der Waals surface area contributed by atoms with Crippen molar-refractivity contribution >= 4 is 5.97 Å². The number of aliphatic hydroxyl groups excluding tert-OH is 1. The zero-order chi connectivity index (χ0) is 29.9. The van der Waals surface area contributed by atoms with Crippen LogP contribution in [0.3, 0.4) is 0 Å². The second-order valence-electron chi connectivity index (χ2n) is 11.6. The summed E-state index contributed by atoms with van der Waals surface area (Å²) in [6, 6.07) is 0. The summed E-state index contributed by atoms with van der Waals surface area (Å²) in [6.07, 6.45) is 41.8. The van der Waals surface area contributed by atoms with Gasteiger partial charge in [-0.3, -0.25) is 4.79 Å². The van der Waals surface area contributed by atoms with Gasteiger partial charge in [-0.15, -0.1) is 0 Å². The number of allylic oxidation sites excluding steroid dienone is 6. The van der Waals surface area contributed by atoms with Crippen LogP contribution in [0.5, 0.6) is 0 Å². The highest BCUT2D eigenvalue weighted by Gasteiger charge is 2.13. The molecule has 0 aromatic heterocycles. The fraction of sp³-hybridized carbons (Fsp3) is 0.811. The van der Waals surface area contributed by atoms with Gasteiger partial charge in [0.15, 0.2) is 0 Å². The Kier molecular flexibility index (Phi) is 33.6. The summed E-state index contributed by atoms with van der Waals surface area (Å²) in [5.74, 6) is -0.213. The molecule has 1 unspecified atom stereocenters. The Morgan fingerprint density at radius 2 is 1.07 bits per heavy atom. The third-order valence-electron chi connectivity index (χ3n) is 7.42. The number of aliphatic hydroxyl groups is 1. The highest BCUT2D eigenvalue weighted by atomic mass is 16.6. The molecule has 0 aliphatic heterocycles. The van der Waals surface area contributed by atoms with Gasteiger partial charge >= 0.3 is 5.97 Å². The first kappa shape index (κ1) is 39.6. The zero-order valence-corrected chi connectivity index (χ0v) is 27.3. The van der Waals surface area contributed by atoms with Crippen LogP contribution in [0.2, 0.25) is 0 Å². The Hall–Kier alpha value is -1.39. The van der Waals surface area contributed by atoms with Crippen LogP contribution < -0.4 is 0 Å². The van der Waals surface area contributed by atoms with E-state index < -0.39 is 6.10 Å². The molecule has 0 rings (SSSR count). The van der Waals surface area contributed by atoms with Gasteiger partial charge in [0.2, 0.25) is 0 Å². The summed E-state index contributed by atoms with van der Waals surface area (Å²) in [6.45, 7) is 5.25. The van der Waals surface area contributed by atoms with Gasteiger partial charge in [0.25, 0.3) is 0 Å². The third kappa shape index (κ3) is 33.0. The Balaban J connectivity index is 3.47. The quantitative estimate of drug-likeness (QED) is 0.0491. The van der Waals surface area contributed by atoms with Crippen molar-refractivity contribution in [1.82, 2.24) is 0 Å². The standard InChI is InChI=1S/C37H68O4/c1-3-5-7-9-11-13-15-16-17-18-19-20-21-22-24-26-28-30-32-37(39)41-36(34-38)35-40-33-31-29-27-25-23-14-12-10-8-6-4-2/h8,10,13,15,17-18,36,38H,3-7,9,11-12,14,16,19-35H2,1-2H3/b10-8-,15-13-,18-17-. The average Bonchev–Trinajstić information content (AvgIpc) is 2.98. The highest BCUT2D eigenvalue weighted by Crippen LogP contribution is 2.12. The summed E-state index contributed by atoms with van der Waals surface area (Å²) in [5.41, 5.74) is 0. The molecule has 4 nitrogen and oxygen atoms in total. The lowest BCUT2D eigenvalue weighted by atomic mass is 10.1. The van der Waals surface area contributed by atoms with Gasteiger partial charge in [0.1, 0.15) is 6.10 Å². The summed E-state index contributed by atoms with van der Waals surface area (Å²) in [7, 11) is 0. The summed E-state index contributed by atoms with van der Waals surface area (Å²) < 4.78 is 11.1. The Morgan fingerprint density at radius 1 is 0.585 bits per heavy atom. The minimum atomic E-state index is -0.538. The maximum Gasteiger partial charge on any atom is 0.306 e. The van der Waals surface area contributed by atoms with Gasteiger partial charge in [0.05, 0.1) is 13.2 Å². The topological polar surface area (TPSA) is 55.8 Å². The van der Waals surface area contributed by atoms with Gasteiger partial charge in [-0.05, 0) is 64.2 Å². The van der Waals surface area contributed by atoms with E-state index in [4.69, 9.17) is 9.47 Å². The Bertz CT molecular complexity index is 610. The average molecular weight is 577 g/mol. The number of hydrogen-bond acceptors (Lipinski definition) is 4. The molecule has 0 fully saturated rings. The number of carbonyl (C=O) groups excluding carboxylic acids is 1. The predicted molar refractivity (Wildman–Crippen MR) is 177 cm³/mol. The maximum atomic E-state index is 12.1. The largest absolute Gasteiger partial charge is 0.457 e. The van der Waals surface area contributed by atoms with E-state index in [2.05, 4.69) is 50.3 Å². The van der Waals surface area contributed by atoms with Crippen molar-refractivity contribution in [3.63, 3.8) is 0 Å². The number of ether oxygens (including phenoxy) is 2. The van der Waals surface area contributed by atoms with E-state index in [1.807, 2.05) is 0 Å². The van der Waals surface area contributed by atoms with Crippen molar-refractivity contribution in [3.05, 3.63) is 36.5 Å². The molecule has 1 atom stereocenters. The lowest BCUT2D eigenvalue weighted by Crippen LogP contribution is -2.27. The Labute approximate surface area is 255 Å². The maximum absolute atomic E-state index is 12.1. The molecule has 0 heterocycles. The van der Waals surface area contributed by atoms with Gasteiger partial charge in [-0.25, -0.2) is 0 Å². The second kappa shape index (κ2) is 34.8. The molecule has 0 aliphatic carbocycles. The first-order valence-electron chi connectivity index (χ1n) is 17.6. The summed E-state index contributed by atoms with van der Waals surface area (Å²) in [4.78, 5) is 12.1. The molecule has 0 aromatic rings. The molecule has 0 radical (unpaired) electrons. The van der Waals surface area contributed by atoms with Gasteiger partial charge in [-0.2, -0.15) is 0 Å². The molecule has 0 saturated carbocycles. The molecule has 240 valence electrons. The third-order valence-corrected chi connectivity index (χ3v) is 7.42. The number of carbonyl (C=O) groups is 1. The van der Waals surface area contributed by atoms with Gasteiger partial charge < -0.3 is 14.6 Å². The second-order valence-corrected chi connectivity index (χ2v) is 11.6. The SMILES string of the molecule is CCC/C=C\CCCCCCCCOCC(CO)OC(=O)CCCCCCCCC/C=C\C/C=C\CCCCCC. The van der Waals surface area contributed by atoms with Crippen LogP contribution in [0.15, 0.2) is 36.5 Å². The first-order valence-corrected chi connectivity index (χ1v) is 17.6. The number of rotatable bonds is 32. The van der Waals surface area contributed by atoms with E-state index in [1.54, 1.807) is 0 Å². The number of hydrogen-bond donors (Lipinski definition) is 1. The molecule has 0 amide bonds. The van der Waals surface area contributed by atoms with E-state index in [0.29, 0.717) is 13.0 Å². The molecule has 0 aromatic carbocycles. The normalized spacial score (nSPS) is 12.8.